The van der Waals surface area contributed by atoms with Crippen LogP contribution in [-0.4, -0.2) is 20.9 Å². The summed E-state index contributed by atoms with van der Waals surface area (Å²) < 4.78 is 23.2. The number of hydrogen-bond acceptors (Lipinski definition) is 3. The molecular weight excluding hydrogens is 310 g/mol. The van der Waals surface area contributed by atoms with Gasteiger partial charge in [-0.3, -0.25) is 4.79 Å². The van der Waals surface area contributed by atoms with Gasteiger partial charge in [-0.15, -0.1) is 0 Å². The van der Waals surface area contributed by atoms with Gasteiger partial charge in [0.1, 0.15) is 0 Å². The molecule has 6 heteroatoms. The van der Waals surface area contributed by atoms with Gasteiger partial charge in [0.25, 0.3) is 15.0 Å². The number of rotatable bonds is 4. The van der Waals surface area contributed by atoms with Crippen LogP contribution in [0.4, 0.5) is 0 Å². The Morgan fingerprint density at radius 1 is 1.38 bits per heavy atom. The van der Waals surface area contributed by atoms with Crippen molar-refractivity contribution in [3.8, 4) is 0 Å². The smallest absolute Gasteiger partial charge is 0.261 e. The quantitative estimate of drug-likeness (QED) is 0.864. The van der Waals surface area contributed by atoms with Crippen molar-refractivity contribution in [1.29, 1.82) is 0 Å². The van der Waals surface area contributed by atoms with E-state index in [0.29, 0.717) is 29.0 Å². The van der Waals surface area contributed by atoms with Gasteiger partial charge in [-0.2, -0.15) is 0 Å². The summed E-state index contributed by atoms with van der Waals surface area (Å²) in [7, 11) is 1.57. The molecule has 116 valence electrons. The van der Waals surface area contributed by atoms with Crippen LogP contribution in [0.3, 0.4) is 0 Å². The van der Waals surface area contributed by atoms with E-state index >= 15 is 0 Å². The highest BCUT2D eigenvalue weighted by atomic mass is 35.7. The fourth-order valence-corrected chi connectivity index (χ4v) is 3.73. The van der Waals surface area contributed by atoms with Crippen molar-refractivity contribution in [1.82, 2.24) is 5.32 Å². The van der Waals surface area contributed by atoms with Gasteiger partial charge in [0.05, 0.1) is 4.90 Å². The highest BCUT2D eigenvalue weighted by Gasteiger charge is 2.45. The second kappa shape index (κ2) is 5.29. The van der Waals surface area contributed by atoms with Gasteiger partial charge < -0.3 is 5.32 Å². The summed E-state index contributed by atoms with van der Waals surface area (Å²) in [4.78, 5) is 12.2. The molecule has 1 fully saturated rings. The van der Waals surface area contributed by atoms with Gasteiger partial charge in [-0.05, 0) is 54.9 Å². The first kappa shape index (κ1) is 16.3. The summed E-state index contributed by atoms with van der Waals surface area (Å²) >= 11 is 0. The van der Waals surface area contributed by atoms with E-state index in [0.717, 1.165) is 12.0 Å². The lowest BCUT2D eigenvalue weighted by Gasteiger charge is -2.11. The van der Waals surface area contributed by atoms with Crippen molar-refractivity contribution in [2.24, 2.45) is 11.3 Å². The number of nitrogens with one attached hydrogen (secondary N) is 1. The Hall–Kier alpha value is -1.07. The summed E-state index contributed by atoms with van der Waals surface area (Å²) in [6.07, 6.45) is 1.10. The molecular formula is C15H20ClNO3S. The van der Waals surface area contributed by atoms with E-state index < -0.39 is 9.05 Å². The molecule has 21 heavy (non-hydrogen) atoms. The van der Waals surface area contributed by atoms with Crippen molar-refractivity contribution < 1.29 is 13.2 Å². The number of amides is 1. The molecule has 1 saturated carbocycles. The van der Waals surface area contributed by atoms with Gasteiger partial charge in [0.15, 0.2) is 0 Å². The molecule has 1 atom stereocenters. The largest absolute Gasteiger partial charge is 0.352 e. The second-order valence-electron chi connectivity index (χ2n) is 6.45. The van der Waals surface area contributed by atoms with E-state index in [9.17, 15) is 13.2 Å². The van der Waals surface area contributed by atoms with E-state index in [1.807, 2.05) is 0 Å². The summed E-state index contributed by atoms with van der Waals surface area (Å²) in [5, 5.41) is 2.87. The number of benzene rings is 1. The van der Waals surface area contributed by atoms with E-state index in [1.54, 1.807) is 19.9 Å². The zero-order valence-electron chi connectivity index (χ0n) is 12.7. The van der Waals surface area contributed by atoms with Gasteiger partial charge in [0, 0.05) is 22.8 Å². The fraction of sp³-hybridized carbons (Fsp3) is 0.533. The number of halogens is 1. The van der Waals surface area contributed by atoms with E-state index in [2.05, 4.69) is 19.2 Å². The third-order valence-electron chi connectivity index (χ3n) is 4.37. The summed E-state index contributed by atoms with van der Waals surface area (Å²) in [6, 6.07) is 3.03. The maximum atomic E-state index is 12.2. The zero-order valence-corrected chi connectivity index (χ0v) is 14.2. The summed E-state index contributed by atoms with van der Waals surface area (Å²) in [5.41, 5.74) is 1.93. The highest BCUT2D eigenvalue weighted by molar-refractivity contribution is 8.13. The van der Waals surface area contributed by atoms with Crippen LogP contribution in [0.25, 0.3) is 0 Å². The Balaban J connectivity index is 2.20. The van der Waals surface area contributed by atoms with Crippen LogP contribution in [0, 0.1) is 25.2 Å². The lowest BCUT2D eigenvalue weighted by atomic mass is 10.1. The third kappa shape index (κ3) is 3.58. The molecule has 1 aliphatic carbocycles. The Morgan fingerprint density at radius 2 is 1.95 bits per heavy atom. The van der Waals surface area contributed by atoms with Gasteiger partial charge in [-0.25, -0.2) is 8.42 Å². The van der Waals surface area contributed by atoms with E-state index in [4.69, 9.17) is 10.7 Å². The van der Waals surface area contributed by atoms with Crippen molar-refractivity contribution >= 4 is 25.6 Å². The normalized spacial score (nSPS) is 20.1. The Kier molecular flexibility index (Phi) is 4.10. The first-order chi connectivity index (χ1) is 9.52. The predicted octanol–water partition coefficient (Wildman–Crippen LogP) is 3.01. The Morgan fingerprint density at radius 3 is 2.43 bits per heavy atom. The van der Waals surface area contributed by atoms with Crippen LogP contribution < -0.4 is 5.32 Å². The number of carbonyl (C=O) groups excluding carboxylic acids is 1. The van der Waals surface area contributed by atoms with E-state index in [1.165, 1.54) is 6.07 Å². The molecule has 0 radical (unpaired) electrons. The van der Waals surface area contributed by atoms with Crippen molar-refractivity contribution in [2.45, 2.75) is 39.0 Å². The predicted molar refractivity (Wildman–Crippen MR) is 83.2 cm³/mol. The lowest BCUT2D eigenvalue weighted by Crippen LogP contribution is -2.27. The molecule has 1 aromatic carbocycles. The zero-order chi connectivity index (χ0) is 16.0. The maximum Gasteiger partial charge on any atom is 0.261 e. The average Bonchev–Trinajstić information content (AvgIpc) is 2.95. The van der Waals surface area contributed by atoms with Crippen LogP contribution in [0.1, 0.15) is 41.8 Å². The van der Waals surface area contributed by atoms with Crippen LogP contribution >= 0.6 is 10.7 Å². The molecule has 0 saturated heterocycles. The van der Waals surface area contributed by atoms with Crippen LogP contribution in [0.5, 0.6) is 0 Å². The first-order valence-electron chi connectivity index (χ1n) is 6.86. The van der Waals surface area contributed by atoms with Crippen LogP contribution in [0.15, 0.2) is 17.0 Å². The standard InChI is InChI=1S/C15H20ClNO3S/c1-9-5-11(6-13(10(9)2)21(16,19)20)14(18)17-8-12-7-15(12,3)4/h5-6,12H,7-8H2,1-4H3,(H,17,18). The Bertz CT molecular complexity index is 695. The summed E-state index contributed by atoms with van der Waals surface area (Å²) in [6.45, 7) is 8.39. The minimum atomic E-state index is -3.86. The average molecular weight is 330 g/mol. The molecule has 4 nitrogen and oxygen atoms in total. The third-order valence-corrected chi connectivity index (χ3v) is 5.82. The molecule has 0 aliphatic heterocycles. The second-order valence-corrected chi connectivity index (χ2v) is 8.99. The van der Waals surface area contributed by atoms with Crippen molar-refractivity contribution in [3.63, 3.8) is 0 Å². The molecule has 1 amide bonds. The topological polar surface area (TPSA) is 63.2 Å². The van der Waals surface area contributed by atoms with Crippen LogP contribution in [-0.2, 0) is 9.05 Å². The minimum Gasteiger partial charge on any atom is -0.352 e. The SMILES string of the molecule is Cc1cc(C(=O)NCC2CC2(C)C)cc(S(=O)(=O)Cl)c1C. The van der Waals surface area contributed by atoms with E-state index in [-0.39, 0.29) is 10.8 Å². The van der Waals surface area contributed by atoms with Gasteiger partial charge >= 0.3 is 0 Å². The molecule has 0 spiro atoms. The van der Waals surface area contributed by atoms with Gasteiger partial charge in [-0.1, -0.05) is 13.8 Å². The molecule has 1 aromatic rings. The molecule has 1 aliphatic rings. The maximum absolute atomic E-state index is 12.2. The molecule has 0 bridgehead atoms. The number of hydrogen-bond donors (Lipinski definition) is 1. The Labute approximate surface area is 130 Å². The molecule has 0 aromatic heterocycles. The minimum absolute atomic E-state index is 0.000989. The van der Waals surface area contributed by atoms with Gasteiger partial charge in [0.2, 0.25) is 0 Å². The monoisotopic (exact) mass is 329 g/mol. The number of carbonyl (C=O) groups is 1. The molecule has 2 rings (SSSR count). The summed E-state index contributed by atoms with van der Waals surface area (Å²) in [5.74, 6) is 0.228. The number of aryl methyl sites for hydroxylation is 1. The highest BCUT2D eigenvalue weighted by Crippen LogP contribution is 2.50. The van der Waals surface area contributed by atoms with Crippen molar-refractivity contribution in [2.75, 3.05) is 6.54 Å². The van der Waals surface area contributed by atoms with Crippen molar-refractivity contribution in [3.05, 3.63) is 28.8 Å². The molecule has 0 heterocycles. The van der Waals surface area contributed by atoms with Crippen LogP contribution in [0.2, 0.25) is 0 Å². The molecule has 1 unspecified atom stereocenters. The first-order valence-corrected chi connectivity index (χ1v) is 9.17. The lowest BCUT2D eigenvalue weighted by molar-refractivity contribution is 0.0950. The molecule has 1 N–H and O–H groups in total. The fourth-order valence-electron chi connectivity index (χ4n) is 2.45.